The molecule has 0 spiro atoms. The third-order valence-corrected chi connectivity index (χ3v) is 5.70. The van der Waals surface area contributed by atoms with Crippen LogP contribution in [0.4, 0.5) is 27.6 Å². The second-order valence-electron chi connectivity index (χ2n) is 8.21. The first-order chi connectivity index (χ1) is 16.6. The van der Waals surface area contributed by atoms with E-state index in [0.717, 1.165) is 29.2 Å². The molecule has 1 atom stereocenters. The number of aromatic nitrogens is 1. The second-order valence-corrected chi connectivity index (χ2v) is 8.21. The third-order valence-electron chi connectivity index (χ3n) is 5.70. The SMILES string of the molecule is O=C1CC(C(=O)N(Cc2ccccn2)c2ccc(F)cc2F)CN1Cc1cccc(C(F)(F)F)c1. The fourth-order valence-corrected chi connectivity index (χ4v) is 4.01. The Morgan fingerprint density at radius 1 is 1.06 bits per heavy atom. The van der Waals surface area contributed by atoms with E-state index in [1.807, 2.05) is 0 Å². The van der Waals surface area contributed by atoms with Gasteiger partial charge in [-0.1, -0.05) is 18.2 Å². The van der Waals surface area contributed by atoms with E-state index in [4.69, 9.17) is 0 Å². The number of carbonyl (C=O) groups is 2. The molecule has 2 heterocycles. The maximum Gasteiger partial charge on any atom is 0.416 e. The lowest BCUT2D eigenvalue weighted by molar-refractivity contribution is -0.137. The van der Waals surface area contributed by atoms with Gasteiger partial charge in [0.1, 0.15) is 11.6 Å². The van der Waals surface area contributed by atoms with Crippen LogP contribution >= 0.6 is 0 Å². The molecule has 1 unspecified atom stereocenters. The minimum absolute atomic E-state index is 0.0462. The fraction of sp³-hybridized carbons (Fsp3) is 0.240. The molecule has 1 aliphatic heterocycles. The van der Waals surface area contributed by atoms with Crippen molar-refractivity contribution in [3.05, 3.63) is 95.3 Å². The van der Waals surface area contributed by atoms with E-state index < -0.39 is 41.1 Å². The van der Waals surface area contributed by atoms with Gasteiger partial charge in [0.2, 0.25) is 11.8 Å². The number of alkyl halides is 3. The Morgan fingerprint density at radius 2 is 1.86 bits per heavy atom. The lowest BCUT2D eigenvalue weighted by atomic mass is 10.1. The highest BCUT2D eigenvalue weighted by Gasteiger charge is 2.38. The fourth-order valence-electron chi connectivity index (χ4n) is 4.01. The van der Waals surface area contributed by atoms with Crippen LogP contribution in [0.1, 0.15) is 23.2 Å². The van der Waals surface area contributed by atoms with Crippen molar-refractivity contribution < 1.29 is 31.5 Å². The number of benzene rings is 2. The molecule has 2 amide bonds. The molecule has 1 aliphatic rings. The lowest BCUT2D eigenvalue weighted by Crippen LogP contribution is -2.38. The monoisotopic (exact) mass is 489 g/mol. The predicted octanol–water partition coefficient (Wildman–Crippen LogP) is 4.96. The standard InChI is InChI=1S/C25H20F5N3O2/c26-19-7-8-22(21(27)12-19)33(15-20-6-1-2-9-31-20)24(35)17-11-23(34)32(14-17)13-16-4-3-5-18(10-16)25(28,29)30/h1-10,12,17H,11,13-15H2. The number of amides is 2. The number of halogens is 5. The number of hydrogen-bond donors (Lipinski definition) is 0. The first-order valence-electron chi connectivity index (χ1n) is 10.7. The normalized spacial score (nSPS) is 16.0. The van der Waals surface area contributed by atoms with Crippen molar-refractivity contribution in [2.75, 3.05) is 11.4 Å². The molecule has 1 saturated heterocycles. The molecule has 0 N–H and O–H groups in total. The zero-order chi connectivity index (χ0) is 25.2. The summed E-state index contributed by atoms with van der Waals surface area (Å²) in [5.41, 5.74) is -0.265. The molecule has 0 bridgehead atoms. The number of rotatable bonds is 6. The Labute approximate surface area is 197 Å². The van der Waals surface area contributed by atoms with Gasteiger partial charge in [-0.05, 0) is 42.0 Å². The van der Waals surface area contributed by atoms with E-state index in [0.29, 0.717) is 11.8 Å². The Morgan fingerprint density at radius 3 is 2.54 bits per heavy atom. The maximum absolute atomic E-state index is 14.6. The van der Waals surface area contributed by atoms with Crippen LogP contribution < -0.4 is 4.90 Å². The average molecular weight is 489 g/mol. The van der Waals surface area contributed by atoms with Crippen LogP contribution in [0.2, 0.25) is 0 Å². The minimum Gasteiger partial charge on any atom is -0.338 e. The van der Waals surface area contributed by atoms with Gasteiger partial charge in [0, 0.05) is 31.8 Å². The lowest BCUT2D eigenvalue weighted by Gasteiger charge is -2.26. The molecule has 3 aromatic rings. The predicted molar refractivity (Wildman–Crippen MR) is 117 cm³/mol. The van der Waals surface area contributed by atoms with Gasteiger partial charge in [0.25, 0.3) is 0 Å². The molecule has 4 rings (SSSR count). The van der Waals surface area contributed by atoms with E-state index in [9.17, 15) is 31.5 Å². The summed E-state index contributed by atoms with van der Waals surface area (Å²) in [7, 11) is 0. The second kappa shape index (κ2) is 9.81. The molecule has 1 fully saturated rings. The zero-order valence-corrected chi connectivity index (χ0v) is 18.3. The minimum atomic E-state index is -4.52. The van der Waals surface area contributed by atoms with Gasteiger partial charge in [-0.25, -0.2) is 8.78 Å². The first-order valence-corrected chi connectivity index (χ1v) is 10.7. The quantitative estimate of drug-likeness (QED) is 0.460. The van der Waals surface area contributed by atoms with Crippen LogP contribution in [0.15, 0.2) is 66.9 Å². The Bertz CT molecular complexity index is 1230. The highest BCUT2D eigenvalue weighted by molar-refractivity contribution is 5.99. The number of hydrogen-bond acceptors (Lipinski definition) is 3. The summed E-state index contributed by atoms with van der Waals surface area (Å²) in [5, 5.41) is 0. The van der Waals surface area contributed by atoms with Crippen LogP contribution in [0, 0.1) is 17.6 Å². The van der Waals surface area contributed by atoms with Crippen LogP contribution in [0.3, 0.4) is 0 Å². The Kier molecular flexibility index (Phi) is 6.81. The summed E-state index contributed by atoms with van der Waals surface area (Å²) in [6, 6.07) is 12.5. The molecule has 5 nitrogen and oxygen atoms in total. The summed E-state index contributed by atoms with van der Waals surface area (Å²) in [6.45, 7) is -0.256. The van der Waals surface area contributed by atoms with Gasteiger partial charge in [0.05, 0.1) is 29.4 Å². The molecule has 10 heteroatoms. The summed E-state index contributed by atoms with van der Waals surface area (Å²) < 4.78 is 67.1. The Hall–Kier alpha value is -3.82. The van der Waals surface area contributed by atoms with Gasteiger partial charge in [-0.3, -0.25) is 14.6 Å². The number of anilines is 1. The van der Waals surface area contributed by atoms with Gasteiger partial charge < -0.3 is 9.80 Å². The molecule has 2 aromatic carbocycles. The molecule has 0 saturated carbocycles. The largest absolute Gasteiger partial charge is 0.416 e. The van der Waals surface area contributed by atoms with Crippen LogP contribution in [-0.2, 0) is 28.9 Å². The van der Waals surface area contributed by atoms with E-state index in [1.54, 1.807) is 18.2 Å². The number of nitrogens with zero attached hydrogens (tertiary/aromatic N) is 3. The van der Waals surface area contributed by atoms with E-state index in [1.165, 1.54) is 23.2 Å². The van der Waals surface area contributed by atoms with Crippen molar-refractivity contribution in [3.63, 3.8) is 0 Å². The van der Waals surface area contributed by atoms with E-state index in [2.05, 4.69) is 4.98 Å². The van der Waals surface area contributed by atoms with E-state index in [-0.39, 0.29) is 37.3 Å². The summed E-state index contributed by atoms with van der Waals surface area (Å²) >= 11 is 0. The number of likely N-dealkylation sites (tertiary alicyclic amines) is 1. The third kappa shape index (κ3) is 5.64. The average Bonchev–Trinajstić information content (AvgIpc) is 3.18. The number of pyridine rings is 1. The van der Waals surface area contributed by atoms with Crippen molar-refractivity contribution >= 4 is 17.5 Å². The molecule has 1 aromatic heterocycles. The topological polar surface area (TPSA) is 53.5 Å². The highest BCUT2D eigenvalue weighted by atomic mass is 19.4. The molecular formula is C25H20F5N3O2. The highest BCUT2D eigenvalue weighted by Crippen LogP contribution is 2.31. The van der Waals surface area contributed by atoms with Crippen LogP contribution in [-0.4, -0.2) is 28.2 Å². The first kappa shape index (κ1) is 24.3. The van der Waals surface area contributed by atoms with Gasteiger partial charge in [-0.15, -0.1) is 0 Å². The molecule has 35 heavy (non-hydrogen) atoms. The van der Waals surface area contributed by atoms with Crippen LogP contribution in [0.25, 0.3) is 0 Å². The number of carbonyl (C=O) groups excluding carboxylic acids is 2. The van der Waals surface area contributed by atoms with E-state index >= 15 is 0 Å². The van der Waals surface area contributed by atoms with Crippen molar-refractivity contribution in [1.82, 2.24) is 9.88 Å². The van der Waals surface area contributed by atoms with Gasteiger partial charge in [0.15, 0.2) is 0 Å². The van der Waals surface area contributed by atoms with Crippen LogP contribution in [0.5, 0.6) is 0 Å². The van der Waals surface area contributed by atoms with Gasteiger partial charge >= 0.3 is 6.18 Å². The molecule has 0 radical (unpaired) electrons. The Balaban J connectivity index is 1.55. The summed E-state index contributed by atoms with van der Waals surface area (Å²) in [6.07, 6.45) is -3.19. The van der Waals surface area contributed by atoms with Crippen molar-refractivity contribution in [1.29, 1.82) is 0 Å². The summed E-state index contributed by atoms with van der Waals surface area (Å²) in [4.78, 5) is 32.6. The summed E-state index contributed by atoms with van der Waals surface area (Å²) in [5.74, 6) is -3.58. The van der Waals surface area contributed by atoms with Gasteiger partial charge in [-0.2, -0.15) is 13.2 Å². The molecular weight excluding hydrogens is 469 g/mol. The van der Waals surface area contributed by atoms with Crippen molar-refractivity contribution in [3.8, 4) is 0 Å². The molecule has 182 valence electrons. The zero-order valence-electron chi connectivity index (χ0n) is 18.3. The van der Waals surface area contributed by atoms with Crippen molar-refractivity contribution in [2.45, 2.75) is 25.7 Å². The van der Waals surface area contributed by atoms with Crippen molar-refractivity contribution in [2.24, 2.45) is 5.92 Å². The maximum atomic E-state index is 14.6. The smallest absolute Gasteiger partial charge is 0.338 e. The molecule has 0 aliphatic carbocycles.